The molecule has 2 heterocycles. The van der Waals surface area contributed by atoms with Crippen molar-refractivity contribution in [1.29, 1.82) is 0 Å². The lowest BCUT2D eigenvalue weighted by Crippen LogP contribution is -2.51. The van der Waals surface area contributed by atoms with Crippen LogP contribution >= 0.6 is 35.7 Å². The molecule has 152 valence electrons. The van der Waals surface area contributed by atoms with Gasteiger partial charge in [0.25, 0.3) is 0 Å². The topological polar surface area (TPSA) is 48.9 Å². The van der Waals surface area contributed by atoms with Crippen molar-refractivity contribution in [3.05, 3.63) is 29.3 Å². The fraction of sp³-hybridized carbons (Fsp3) is 0.650. The number of hydrogen-bond acceptors (Lipinski definition) is 4. The number of rotatable bonds is 6. The number of aliphatic imine (C=N–C) groups is 1. The third-order valence-electron chi connectivity index (χ3n) is 5.15. The summed E-state index contributed by atoms with van der Waals surface area (Å²) in [4.78, 5) is 8.67. The Morgan fingerprint density at radius 2 is 2.22 bits per heavy atom. The molecule has 2 N–H and O–H groups in total. The Kier molecular flexibility index (Phi) is 9.69. The van der Waals surface area contributed by atoms with Crippen LogP contribution in [0.1, 0.15) is 30.9 Å². The fourth-order valence-corrected chi connectivity index (χ4v) is 4.41. The third-order valence-corrected chi connectivity index (χ3v) is 5.97. The van der Waals surface area contributed by atoms with Crippen LogP contribution in [0, 0.1) is 6.92 Å². The lowest BCUT2D eigenvalue weighted by atomic mass is 10.1. The van der Waals surface area contributed by atoms with E-state index in [1.807, 2.05) is 0 Å². The molecule has 3 rings (SSSR count). The van der Waals surface area contributed by atoms with Crippen molar-refractivity contribution >= 4 is 41.7 Å². The summed E-state index contributed by atoms with van der Waals surface area (Å²) < 4.78 is 6.04. The smallest absolute Gasteiger partial charge is 0.191 e. The summed E-state index contributed by atoms with van der Waals surface area (Å²) >= 11 is 1.78. The molecule has 2 aliphatic rings. The average Bonchev–Trinajstić information content (AvgIpc) is 3.12. The van der Waals surface area contributed by atoms with E-state index in [0.29, 0.717) is 12.6 Å². The fourth-order valence-electron chi connectivity index (χ4n) is 3.71. The summed E-state index contributed by atoms with van der Waals surface area (Å²) in [5.74, 6) is 0.868. The molecule has 0 spiro atoms. The van der Waals surface area contributed by atoms with Crippen LogP contribution < -0.4 is 10.6 Å². The molecule has 0 bridgehead atoms. The van der Waals surface area contributed by atoms with Crippen LogP contribution in [-0.2, 0) is 11.3 Å². The summed E-state index contributed by atoms with van der Waals surface area (Å²) in [5.41, 5.74) is 2.57. The normalized spacial score (nSPS) is 22.9. The van der Waals surface area contributed by atoms with Gasteiger partial charge < -0.3 is 15.4 Å². The lowest BCUT2D eigenvalue weighted by molar-refractivity contribution is -0.0453. The Bertz CT molecular complexity index is 628. The molecule has 0 aromatic heterocycles. The first-order chi connectivity index (χ1) is 12.7. The number of hydrogen-bond donors (Lipinski definition) is 2. The van der Waals surface area contributed by atoms with E-state index >= 15 is 0 Å². The lowest BCUT2D eigenvalue weighted by Gasteiger charge is -2.35. The zero-order valence-electron chi connectivity index (χ0n) is 16.7. The van der Waals surface area contributed by atoms with Gasteiger partial charge in [0.15, 0.2) is 5.96 Å². The number of guanidine groups is 1. The summed E-state index contributed by atoms with van der Waals surface area (Å²) in [5, 5.41) is 6.82. The maximum atomic E-state index is 6.04. The van der Waals surface area contributed by atoms with E-state index in [1.165, 1.54) is 35.4 Å². The van der Waals surface area contributed by atoms with Gasteiger partial charge in [0.2, 0.25) is 0 Å². The maximum absolute atomic E-state index is 6.04. The highest BCUT2D eigenvalue weighted by Gasteiger charge is 2.32. The van der Waals surface area contributed by atoms with Crippen molar-refractivity contribution < 1.29 is 4.74 Å². The molecule has 1 aromatic rings. The third kappa shape index (κ3) is 6.51. The van der Waals surface area contributed by atoms with Gasteiger partial charge in [-0.15, -0.1) is 35.7 Å². The number of nitrogens with zero attached hydrogens (tertiary/aromatic N) is 2. The standard InChI is InChI=1S/C20H32N4OS.HI/c1-4-21-20(22-11-16-8-7-15(2)10-19(16)26-3)23-12-18-13-24-9-5-6-17(24)14-25-18;/h7-8,10,17-18H,4-6,9,11-14H2,1-3H3,(H2,21,22,23);1H. The van der Waals surface area contributed by atoms with Crippen molar-refractivity contribution in [2.75, 3.05) is 39.0 Å². The molecular weight excluding hydrogens is 471 g/mol. The predicted molar refractivity (Wildman–Crippen MR) is 126 cm³/mol. The van der Waals surface area contributed by atoms with Crippen LogP contribution in [-0.4, -0.2) is 62.0 Å². The highest BCUT2D eigenvalue weighted by atomic mass is 127. The van der Waals surface area contributed by atoms with Crippen LogP contribution in [0.3, 0.4) is 0 Å². The summed E-state index contributed by atoms with van der Waals surface area (Å²) in [6.07, 6.45) is 4.97. The molecule has 2 aliphatic heterocycles. The number of ether oxygens (including phenoxy) is 1. The van der Waals surface area contributed by atoms with Crippen LogP contribution in [0.5, 0.6) is 0 Å². The summed E-state index contributed by atoms with van der Waals surface area (Å²) in [6, 6.07) is 7.23. The molecular formula is C20H33IN4OS. The largest absolute Gasteiger partial charge is 0.373 e. The SMILES string of the molecule is CCNC(=NCc1ccc(C)cc1SC)NCC1CN2CCCC2CO1.I. The Hall–Kier alpha value is -0.510. The number of benzene rings is 1. The van der Waals surface area contributed by atoms with Gasteiger partial charge >= 0.3 is 0 Å². The maximum Gasteiger partial charge on any atom is 0.191 e. The predicted octanol–water partition coefficient (Wildman–Crippen LogP) is 3.25. The molecule has 2 atom stereocenters. The van der Waals surface area contributed by atoms with Crippen LogP contribution in [0.15, 0.2) is 28.1 Å². The monoisotopic (exact) mass is 504 g/mol. The summed E-state index contributed by atoms with van der Waals surface area (Å²) in [6.45, 7) is 9.71. The van der Waals surface area contributed by atoms with Crippen molar-refractivity contribution in [3.8, 4) is 0 Å². The Balaban J connectivity index is 0.00000261. The van der Waals surface area contributed by atoms with E-state index in [4.69, 9.17) is 9.73 Å². The van der Waals surface area contributed by atoms with Crippen molar-refractivity contribution in [1.82, 2.24) is 15.5 Å². The number of morpholine rings is 1. The Morgan fingerprint density at radius 3 is 3.00 bits per heavy atom. The van der Waals surface area contributed by atoms with Gasteiger partial charge in [0.1, 0.15) is 0 Å². The zero-order valence-corrected chi connectivity index (χ0v) is 19.8. The zero-order chi connectivity index (χ0) is 18.4. The number of halogens is 1. The van der Waals surface area contributed by atoms with Gasteiger partial charge in [-0.1, -0.05) is 12.1 Å². The number of thioether (sulfide) groups is 1. The minimum atomic E-state index is 0. The Labute approximate surface area is 185 Å². The van der Waals surface area contributed by atoms with Crippen molar-refractivity contribution in [2.24, 2.45) is 4.99 Å². The van der Waals surface area contributed by atoms with Gasteiger partial charge in [-0.05, 0) is 56.7 Å². The first-order valence-electron chi connectivity index (χ1n) is 9.71. The molecule has 27 heavy (non-hydrogen) atoms. The molecule has 2 saturated heterocycles. The molecule has 0 saturated carbocycles. The van der Waals surface area contributed by atoms with E-state index in [2.05, 4.69) is 53.8 Å². The van der Waals surface area contributed by atoms with Crippen LogP contribution in [0.25, 0.3) is 0 Å². The van der Waals surface area contributed by atoms with Crippen molar-refractivity contribution in [3.63, 3.8) is 0 Å². The molecule has 2 unspecified atom stereocenters. The van der Waals surface area contributed by atoms with Gasteiger partial charge in [-0.25, -0.2) is 4.99 Å². The highest BCUT2D eigenvalue weighted by molar-refractivity contribution is 14.0. The van der Waals surface area contributed by atoms with Gasteiger partial charge in [0, 0.05) is 30.6 Å². The van der Waals surface area contributed by atoms with E-state index in [9.17, 15) is 0 Å². The first kappa shape index (κ1) is 22.8. The van der Waals surface area contributed by atoms with E-state index in [-0.39, 0.29) is 30.1 Å². The number of aryl methyl sites for hydroxylation is 1. The van der Waals surface area contributed by atoms with E-state index in [0.717, 1.165) is 32.2 Å². The molecule has 0 radical (unpaired) electrons. The molecule has 0 amide bonds. The minimum Gasteiger partial charge on any atom is -0.373 e. The van der Waals surface area contributed by atoms with Gasteiger partial charge in [0.05, 0.1) is 19.3 Å². The second-order valence-electron chi connectivity index (χ2n) is 7.14. The van der Waals surface area contributed by atoms with Crippen LogP contribution in [0.4, 0.5) is 0 Å². The second-order valence-corrected chi connectivity index (χ2v) is 7.99. The second kappa shape index (κ2) is 11.5. The number of nitrogens with one attached hydrogen (secondary N) is 2. The molecule has 1 aromatic carbocycles. The van der Waals surface area contributed by atoms with Gasteiger partial charge in [-0.2, -0.15) is 0 Å². The molecule has 7 heteroatoms. The quantitative estimate of drug-likeness (QED) is 0.270. The van der Waals surface area contributed by atoms with E-state index < -0.39 is 0 Å². The highest BCUT2D eigenvalue weighted by Crippen LogP contribution is 2.23. The average molecular weight is 504 g/mol. The Morgan fingerprint density at radius 1 is 1.37 bits per heavy atom. The first-order valence-corrected chi connectivity index (χ1v) is 10.9. The molecule has 5 nitrogen and oxygen atoms in total. The number of fused-ring (bicyclic) bond motifs is 1. The summed E-state index contributed by atoms with van der Waals surface area (Å²) in [7, 11) is 0. The van der Waals surface area contributed by atoms with Crippen molar-refractivity contribution in [2.45, 2.75) is 50.3 Å². The minimum absolute atomic E-state index is 0. The van der Waals surface area contributed by atoms with E-state index in [1.54, 1.807) is 11.8 Å². The molecule has 0 aliphatic carbocycles. The molecule has 2 fully saturated rings. The van der Waals surface area contributed by atoms with Crippen LogP contribution in [0.2, 0.25) is 0 Å². The van der Waals surface area contributed by atoms with Gasteiger partial charge in [-0.3, -0.25) is 4.90 Å².